The minimum Gasteiger partial charge on any atom is -0.393 e. The Hall–Kier alpha value is -1.36. The number of aliphatic hydroxyl groups excluding tert-OH is 1. The molecule has 3 unspecified atom stereocenters. The number of likely N-dealkylation sites (tertiary alicyclic amines) is 1. The smallest absolute Gasteiger partial charge is 0.257 e. The molecule has 1 amide bonds. The molecule has 2 aliphatic rings. The van der Waals surface area contributed by atoms with Gasteiger partial charge in [0, 0.05) is 25.0 Å². The molecule has 0 radical (unpaired) electrons. The minimum atomic E-state index is -0.249. The maximum absolute atomic E-state index is 13.3. The summed E-state index contributed by atoms with van der Waals surface area (Å²) in [6, 6.07) is 0.195. The van der Waals surface area contributed by atoms with Gasteiger partial charge in [-0.1, -0.05) is 33.6 Å². The standard InChI is InChI=1S/C20H33N3O2/c1-4-17-16(12-21-23(17)13-14(2)3)20(25)22-11-7-9-18(22)15-8-5-6-10-19(15)24/h12,14-15,18-19,24H,4-11,13H2,1-3H3. The lowest BCUT2D eigenvalue weighted by molar-refractivity contribution is 0.0211. The van der Waals surface area contributed by atoms with Gasteiger partial charge in [-0.25, -0.2) is 0 Å². The Balaban J connectivity index is 1.81. The van der Waals surface area contributed by atoms with E-state index in [0.29, 0.717) is 5.92 Å². The first-order chi connectivity index (χ1) is 12.0. The highest BCUT2D eigenvalue weighted by atomic mass is 16.3. The third-order valence-corrected chi connectivity index (χ3v) is 5.89. The lowest BCUT2D eigenvalue weighted by Gasteiger charge is -2.37. The molecule has 1 saturated carbocycles. The van der Waals surface area contributed by atoms with Crippen molar-refractivity contribution in [2.24, 2.45) is 11.8 Å². The number of hydrogen-bond donors (Lipinski definition) is 1. The van der Waals surface area contributed by atoms with Crippen molar-refractivity contribution in [1.82, 2.24) is 14.7 Å². The van der Waals surface area contributed by atoms with Gasteiger partial charge in [0.25, 0.3) is 5.91 Å². The number of nitrogens with zero attached hydrogens (tertiary/aromatic N) is 3. The Morgan fingerprint density at radius 1 is 1.28 bits per heavy atom. The first kappa shape index (κ1) is 18.4. The van der Waals surface area contributed by atoms with E-state index in [2.05, 4.69) is 25.9 Å². The molecule has 5 nitrogen and oxygen atoms in total. The van der Waals surface area contributed by atoms with E-state index in [1.165, 1.54) is 6.42 Å². The lowest BCUT2D eigenvalue weighted by atomic mass is 9.80. The molecule has 140 valence electrons. The van der Waals surface area contributed by atoms with Crippen LogP contribution in [0.2, 0.25) is 0 Å². The summed E-state index contributed by atoms with van der Waals surface area (Å²) in [7, 11) is 0. The number of carbonyl (C=O) groups excluding carboxylic acids is 1. The summed E-state index contributed by atoms with van der Waals surface area (Å²) >= 11 is 0. The van der Waals surface area contributed by atoms with Gasteiger partial charge < -0.3 is 10.0 Å². The molecular formula is C20H33N3O2. The fourth-order valence-electron chi connectivity index (χ4n) is 4.70. The zero-order valence-electron chi connectivity index (χ0n) is 15.9. The molecule has 1 aromatic heterocycles. The number of amides is 1. The number of aliphatic hydroxyl groups is 1. The molecule has 2 heterocycles. The first-order valence-corrected chi connectivity index (χ1v) is 10.1. The quantitative estimate of drug-likeness (QED) is 0.889. The molecule has 1 N–H and O–H groups in total. The zero-order chi connectivity index (χ0) is 18.0. The highest BCUT2D eigenvalue weighted by Gasteiger charge is 2.39. The van der Waals surface area contributed by atoms with E-state index >= 15 is 0 Å². The molecule has 2 fully saturated rings. The SMILES string of the molecule is CCc1c(C(=O)N2CCCC2C2CCCCC2O)cnn1CC(C)C. The van der Waals surface area contributed by atoms with Crippen LogP contribution in [-0.4, -0.2) is 44.4 Å². The average molecular weight is 348 g/mol. The maximum atomic E-state index is 13.3. The van der Waals surface area contributed by atoms with Crippen molar-refractivity contribution in [3.05, 3.63) is 17.5 Å². The van der Waals surface area contributed by atoms with Crippen LogP contribution in [0.3, 0.4) is 0 Å². The molecule has 3 atom stereocenters. The van der Waals surface area contributed by atoms with Gasteiger partial charge in [0.15, 0.2) is 0 Å². The monoisotopic (exact) mass is 347 g/mol. The van der Waals surface area contributed by atoms with Crippen LogP contribution in [0.4, 0.5) is 0 Å². The number of aromatic nitrogens is 2. The summed E-state index contributed by atoms with van der Waals surface area (Å²) < 4.78 is 2.00. The lowest BCUT2D eigenvalue weighted by Crippen LogP contribution is -2.45. The third-order valence-electron chi connectivity index (χ3n) is 5.89. The van der Waals surface area contributed by atoms with Gasteiger partial charge in [-0.2, -0.15) is 5.10 Å². The van der Waals surface area contributed by atoms with E-state index in [1.807, 2.05) is 9.58 Å². The predicted octanol–water partition coefficient (Wildman–Crippen LogP) is 3.26. The van der Waals surface area contributed by atoms with Crippen LogP contribution in [0.15, 0.2) is 6.20 Å². The average Bonchev–Trinajstić information content (AvgIpc) is 3.21. The highest BCUT2D eigenvalue weighted by molar-refractivity contribution is 5.95. The van der Waals surface area contributed by atoms with Crippen LogP contribution in [0, 0.1) is 11.8 Å². The Bertz CT molecular complexity index is 596. The Morgan fingerprint density at radius 2 is 2.04 bits per heavy atom. The van der Waals surface area contributed by atoms with Crippen LogP contribution in [0.25, 0.3) is 0 Å². The zero-order valence-corrected chi connectivity index (χ0v) is 15.9. The largest absolute Gasteiger partial charge is 0.393 e. The van der Waals surface area contributed by atoms with Gasteiger partial charge in [-0.05, 0) is 38.0 Å². The molecule has 1 aliphatic carbocycles. The molecule has 1 saturated heterocycles. The second kappa shape index (κ2) is 7.90. The molecule has 1 aliphatic heterocycles. The van der Waals surface area contributed by atoms with E-state index in [0.717, 1.165) is 62.9 Å². The summed E-state index contributed by atoms with van der Waals surface area (Å²) in [5.41, 5.74) is 1.81. The van der Waals surface area contributed by atoms with Crippen LogP contribution in [-0.2, 0) is 13.0 Å². The van der Waals surface area contributed by atoms with E-state index < -0.39 is 0 Å². The van der Waals surface area contributed by atoms with E-state index in [1.54, 1.807) is 6.20 Å². The first-order valence-electron chi connectivity index (χ1n) is 10.1. The summed E-state index contributed by atoms with van der Waals surface area (Å²) in [6.45, 7) is 8.09. The molecule has 3 rings (SSSR count). The topological polar surface area (TPSA) is 58.4 Å². The van der Waals surface area contributed by atoms with Crippen molar-refractivity contribution in [3.63, 3.8) is 0 Å². The van der Waals surface area contributed by atoms with Gasteiger partial charge in [-0.3, -0.25) is 9.48 Å². The van der Waals surface area contributed by atoms with Crippen molar-refractivity contribution in [2.75, 3.05) is 6.54 Å². The number of rotatable bonds is 5. The van der Waals surface area contributed by atoms with Gasteiger partial charge in [-0.15, -0.1) is 0 Å². The van der Waals surface area contributed by atoms with Gasteiger partial charge in [0.2, 0.25) is 0 Å². The number of hydrogen-bond acceptors (Lipinski definition) is 3. The Labute approximate surface area is 151 Å². The van der Waals surface area contributed by atoms with Crippen molar-refractivity contribution in [2.45, 2.75) is 84.4 Å². The maximum Gasteiger partial charge on any atom is 0.257 e. The molecule has 5 heteroatoms. The molecule has 1 aromatic rings. The van der Waals surface area contributed by atoms with Crippen molar-refractivity contribution in [1.29, 1.82) is 0 Å². The Kier molecular flexibility index (Phi) is 5.82. The molecule has 0 aromatic carbocycles. The normalized spacial score (nSPS) is 27.2. The van der Waals surface area contributed by atoms with Crippen LogP contribution < -0.4 is 0 Å². The van der Waals surface area contributed by atoms with Gasteiger partial charge >= 0.3 is 0 Å². The predicted molar refractivity (Wildman–Crippen MR) is 98.5 cm³/mol. The van der Waals surface area contributed by atoms with E-state index in [4.69, 9.17) is 0 Å². The molecular weight excluding hydrogens is 314 g/mol. The van der Waals surface area contributed by atoms with Gasteiger partial charge in [0.05, 0.1) is 23.6 Å². The van der Waals surface area contributed by atoms with Crippen molar-refractivity contribution >= 4 is 5.91 Å². The highest BCUT2D eigenvalue weighted by Crippen LogP contribution is 2.35. The van der Waals surface area contributed by atoms with E-state index in [-0.39, 0.29) is 24.0 Å². The third kappa shape index (κ3) is 3.76. The summed E-state index contributed by atoms with van der Waals surface area (Å²) in [5, 5.41) is 14.9. The van der Waals surface area contributed by atoms with Crippen molar-refractivity contribution in [3.8, 4) is 0 Å². The van der Waals surface area contributed by atoms with Crippen LogP contribution in [0.5, 0.6) is 0 Å². The molecule has 0 spiro atoms. The second-order valence-corrected chi connectivity index (χ2v) is 8.16. The molecule has 0 bridgehead atoms. The van der Waals surface area contributed by atoms with E-state index in [9.17, 15) is 9.90 Å². The van der Waals surface area contributed by atoms with Gasteiger partial charge in [0.1, 0.15) is 0 Å². The minimum absolute atomic E-state index is 0.118. The number of carbonyl (C=O) groups is 1. The summed E-state index contributed by atoms with van der Waals surface area (Å²) in [5.74, 6) is 0.869. The fourth-order valence-corrected chi connectivity index (χ4v) is 4.70. The Morgan fingerprint density at radius 3 is 2.72 bits per heavy atom. The summed E-state index contributed by atoms with van der Waals surface area (Å²) in [6.07, 6.45) is 8.61. The second-order valence-electron chi connectivity index (χ2n) is 8.16. The fraction of sp³-hybridized carbons (Fsp3) is 0.800. The summed E-state index contributed by atoms with van der Waals surface area (Å²) in [4.78, 5) is 15.3. The van der Waals surface area contributed by atoms with Crippen LogP contribution >= 0.6 is 0 Å². The molecule has 25 heavy (non-hydrogen) atoms. The van der Waals surface area contributed by atoms with Crippen LogP contribution in [0.1, 0.15) is 75.3 Å². The van der Waals surface area contributed by atoms with Crippen molar-refractivity contribution < 1.29 is 9.90 Å².